The van der Waals surface area contributed by atoms with E-state index in [-0.39, 0.29) is 19.1 Å². The van der Waals surface area contributed by atoms with Crippen LogP contribution in [0, 0.1) is 12.8 Å². The number of benzene rings is 1. The van der Waals surface area contributed by atoms with Gasteiger partial charge in [-0.15, -0.1) is 5.10 Å². The number of aromatic nitrogens is 3. The third-order valence-corrected chi connectivity index (χ3v) is 5.07. The summed E-state index contributed by atoms with van der Waals surface area (Å²) < 4.78 is 9.40. The van der Waals surface area contributed by atoms with Crippen LogP contribution in [0.1, 0.15) is 42.1 Å². The molecule has 0 aliphatic rings. The van der Waals surface area contributed by atoms with E-state index in [9.17, 15) is 4.79 Å². The number of rotatable bonds is 11. The summed E-state index contributed by atoms with van der Waals surface area (Å²) in [7, 11) is 0. The van der Waals surface area contributed by atoms with Gasteiger partial charge in [-0.05, 0) is 42.9 Å². The standard InChI is InChI=1S/C23H27N5O3S/c1-16(2)12-13-30-15-21(29)25-20-11-7-10-19(24-20)14-31-27-23(18-8-5-4-6-9-18)22-17(3)32-28-26-22/h4-11,16H,12-15H2,1-3H3,(H,24,25,29)/b27-23-. The first-order valence-electron chi connectivity index (χ1n) is 10.4. The van der Waals surface area contributed by atoms with Gasteiger partial charge in [0.2, 0.25) is 0 Å². The Labute approximate surface area is 191 Å². The smallest absolute Gasteiger partial charge is 0.251 e. The predicted octanol–water partition coefficient (Wildman–Crippen LogP) is 4.21. The maximum absolute atomic E-state index is 12.1. The Kier molecular flexibility index (Phi) is 8.82. The average Bonchev–Trinajstić information content (AvgIpc) is 3.20. The molecule has 0 radical (unpaired) electrons. The second-order valence-electron chi connectivity index (χ2n) is 7.55. The quantitative estimate of drug-likeness (QED) is 0.265. The number of hydrogen-bond acceptors (Lipinski definition) is 8. The zero-order valence-corrected chi connectivity index (χ0v) is 19.3. The van der Waals surface area contributed by atoms with Crippen LogP contribution in [-0.4, -0.2) is 39.4 Å². The molecule has 0 aliphatic heterocycles. The Morgan fingerprint density at radius 1 is 1.16 bits per heavy atom. The molecule has 8 nitrogen and oxygen atoms in total. The highest BCUT2D eigenvalue weighted by Gasteiger charge is 2.15. The predicted molar refractivity (Wildman–Crippen MR) is 125 cm³/mol. The number of amides is 1. The summed E-state index contributed by atoms with van der Waals surface area (Å²) in [5.41, 5.74) is 2.81. The molecule has 1 aromatic carbocycles. The number of hydrogen-bond donors (Lipinski definition) is 1. The number of pyridine rings is 1. The number of aryl methyl sites for hydroxylation is 1. The molecule has 0 spiro atoms. The first-order valence-corrected chi connectivity index (χ1v) is 11.2. The van der Waals surface area contributed by atoms with Crippen LogP contribution in [0.4, 0.5) is 5.82 Å². The summed E-state index contributed by atoms with van der Waals surface area (Å²) in [4.78, 5) is 23.0. The van der Waals surface area contributed by atoms with E-state index in [2.05, 4.69) is 38.9 Å². The molecule has 0 fully saturated rings. The van der Waals surface area contributed by atoms with Gasteiger partial charge in [0.05, 0.1) is 10.6 Å². The van der Waals surface area contributed by atoms with E-state index in [0.29, 0.717) is 35.4 Å². The Bertz CT molecular complexity index is 1040. The summed E-state index contributed by atoms with van der Waals surface area (Å²) in [6, 6.07) is 15.0. The van der Waals surface area contributed by atoms with Crippen LogP contribution in [0.3, 0.4) is 0 Å². The van der Waals surface area contributed by atoms with Gasteiger partial charge in [0, 0.05) is 12.2 Å². The van der Waals surface area contributed by atoms with Gasteiger partial charge < -0.3 is 14.9 Å². The second-order valence-corrected chi connectivity index (χ2v) is 8.51. The normalized spacial score (nSPS) is 11.6. The molecule has 0 bridgehead atoms. The first kappa shape index (κ1) is 23.5. The van der Waals surface area contributed by atoms with Gasteiger partial charge in [-0.3, -0.25) is 4.79 Å². The van der Waals surface area contributed by atoms with Crippen LogP contribution in [0.5, 0.6) is 0 Å². The summed E-state index contributed by atoms with van der Waals surface area (Å²) in [6.45, 7) is 6.87. The number of carbonyl (C=O) groups excluding carboxylic acids is 1. The SMILES string of the molecule is Cc1snnc1/C(=N\OCc1cccc(NC(=O)COCCC(C)C)n1)c1ccccc1. The minimum absolute atomic E-state index is 0.000877. The van der Waals surface area contributed by atoms with Gasteiger partial charge in [-0.2, -0.15) is 0 Å². The molecule has 3 rings (SSSR count). The van der Waals surface area contributed by atoms with Gasteiger partial charge in [-0.1, -0.05) is 59.9 Å². The van der Waals surface area contributed by atoms with Crippen molar-refractivity contribution in [2.45, 2.75) is 33.8 Å². The lowest BCUT2D eigenvalue weighted by Gasteiger charge is -2.08. The van der Waals surface area contributed by atoms with Gasteiger partial charge >= 0.3 is 0 Å². The van der Waals surface area contributed by atoms with Crippen LogP contribution < -0.4 is 5.32 Å². The summed E-state index contributed by atoms with van der Waals surface area (Å²) in [5, 5.41) is 11.3. The molecule has 168 valence electrons. The molecule has 1 N–H and O–H groups in total. The monoisotopic (exact) mass is 453 g/mol. The fourth-order valence-corrected chi connectivity index (χ4v) is 3.20. The van der Waals surface area contributed by atoms with E-state index in [4.69, 9.17) is 9.57 Å². The fourth-order valence-electron chi connectivity index (χ4n) is 2.73. The fraction of sp³-hybridized carbons (Fsp3) is 0.348. The van der Waals surface area contributed by atoms with Gasteiger partial charge in [0.1, 0.15) is 23.8 Å². The van der Waals surface area contributed by atoms with Crippen molar-refractivity contribution in [2.75, 3.05) is 18.5 Å². The van der Waals surface area contributed by atoms with Crippen LogP contribution in [-0.2, 0) is 21.0 Å². The zero-order valence-electron chi connectivity index (χ0n) is 18.4. The van der Waals surface area contributed by atoms with E-state index in [1.54, 1.807) is 12.1 Å². The second kappa shape index (κ2) is 12.0. The largest absolute Gasteiger partial charge is 0.389 e. The maximum atomic E-state index is 12.1. The summed E-state index contributed by atoms with van der Waals surface area (Å²) in [5.74, 6) is 0.739. The van der Waals surface area contributed by atoms with Crippen molar-refractivity contribution < 1.29 is 14.4 Å². The molecule has 0 unspecified atom stereocenters. The minimum atomic E-state index is -0.241. The molecule has 0 saturated carbocycles. The van der Waals surface area contributed by atoms with Crippen molar-refractivity contribution in [1.29, 1.82) is 0 Å². The lowest BCUT2D eigenvalue weighted by atomic mass is 10.1. The molecular weight excluding hydrogens is 426 g/mol. The average molecular weight is 454 g/mol. The van der Waals surface area contributed by atoms with Gasteiger partial charge in [0.15, 0.2) is 6.61 Å². The third kappa shape index (κ3) is 7.21. The Morgan fingerprint density at radius 3 is 2.69 bits per heavy atom. The number of carbonyl (C=O) groups is 1. The maximum Gasteiger partial charge on any atom is 0.251 e. The Balaban J connectivity index is 1.60. The van der Waals surface area contributed by atoms with Crippen molar-refractivity contribution in [1.82, 2.24) is 14.6 Å². The molecule has 3 aromatic rings. The molecule has 9 heteroatoms. The first-order chi connectivity index (χ1) is 15.5. The Morgan fingerprint density at radius 2 is 1.97 bits per heavy atom. The Hall–Kier alpha value is -3.17. The van der Waals surface area contributed by atoms with Crippen molar-refractivity contribution >= 4 is 29.0 Å². The molecular formula is C23H27N5O3S. The lowest BCUT2D eigenvalue weighted by molar-refractivity contribution is -0.120. The molecule has 0 aliphatic carbocycles. The van der Waals surface area contributed by atoms with Crippen LogP contribution in [0.2, 0.25) is 0 Å². The topological polar surface area (TPSA) is 98.6 Å². The molecule has 1 amide bonds. The molecule has 0 saturated heterocycles. The van der Waals surface area contributed by atoms with E-state index >= 15 is 0 Å². The van der Waals surface area contributed by atoms with Crippen LogP contribution >= 0.6 is 11.5 Å². The number of nitrogens with one attached hydrogen (secondary N) is 1. The molecule has 32 heavy (non-hydrogen) atoms. The highest BCUT2D eigenvalue weighted by atomic mass is 32.1. The number of ether oxygens (including phenoxy) is 1. The number of oxime groups is 1. The lowest BCUT2D eigenvalue weighted by Crippen LogP contribution is -2.19. The van der Waals surface area contributed by atoms with E-state index in [1.807, 2.05) is 43.3 Å². The van der Waals surface area contributed by atoms with Crippen LogP contribution in [0.15, 0.2) is 53.7 Å². The number of nitrogens with zero attached hydrogens (tertiary/aromatic N) is 4. The summed E-state index contributed by atoms with van der Waals surface area (Å²) in [6.07, 6.45) is 0.917. The van der Waals surface area contributed by atoms with Gasteiger partial charge in [-0.25, -0.2) is 4.98 Å². The molecule has 2 aromatic heterocycles. The van der Waals surface area contributed by atoms with Crippen molar-refractivity contribution in [2.24, 2.45) is 11.1 Å². The van der Waals surface area contributed by atoms with E-state index in [0.717, 1.165) is 16.9 Å². The van der Waals surface area contributed by atoms with Crippen molar-refractivity contribution in [3.8, 4) is 0 Å². The molecule has 2 heterocycles. The summed E-state index contributed by atoms with van der Waals surface area (Å²) >= 11 is 1.31. The van der Waals surface area contributed by atoms with Crippen molar-refractivity contribution in [3.05, 3.63) is 70.4 Å². The number of anilines is 1. The van der Waals surface area contributed by atoms with Crippen molar-refractivity contribution in [3.63, 3.8) is 0 Å². The van der Waals surface area contributed by atoms with E-state index in [1.165, 1.54) is 11.5 Å². The van der Waals surface area contributed by atoms with E-state index < -0.39 is 0 Å². The van der Waals surface area contributed by atoms with Crippen LogP contribution in [0.25, 0.3) is 0 Å². The zero-order chi connectivity index (χ0) is 22.8. The minimum Gasteiger partial charge on any atom is -0.389 e. The van der Waals surface area contributed by atoms with Gasteiger partial charge in [0.25, 0.3) is 5.91 Å². The molecule has 0 atom stereocenters. The highest BCUT2D eigenvalue weighted by Crippen LogP contribution is 2.16. The third-order valence-electron chi connectivity index (χ3n) is 4.44. The highest BCUT2D eigenvalue weighted by molar-refractivity contribution is 7.05.